The van der Waals surface area contributed by atoms with Crippen molar-refractivity contribution in [1.82, 2.24) is 4.48 Å². The topological polar surface area (TPSA) is 17.3 Å². The quantitative estimate of drug-likeness (QED) is 0.155. The van der Waals surface area contributed by atoms with Gasteiger partial charge in [0.05, 0.1) is 11.4 Å². The molecule has 0 N–H and O–H groups in total. The van der Waals surface area contributed by atoms with Crippen LogP contribution in [0, 0.1) is 0 Å². The molecular weight excluding hydrogens is 665 g/mol. The van der Waals surface area contributed by atoms with Crippen LogP contribution in [-0.4, -0.2) is 17.6 Å². The lowest BCUT2D eigenvalue weighted by atomic mass is 9.85. The van der Waals surface area contributed by atoms with Gasteiger partial charge in [-0.05, 0) is 78.8 Å². The van der Waals surface area contributed by atoms with Gasteiger partial charge in [-0.25, -0.2) is 4.99 Å². The molecule has 0 atom stereocenters. The minimum absolute atomic E-state index is 0.00522. The van der Waals surface area contributed by atoms with E-state index in [9.17, 15) is 0 Å². The third-order valence-corrected chi connectivity index (χ3v) is 10.6. The van der Waals surface area contributed by atoms with Crippen LogP contribution in [0.25, 0.3) is 34.0 Å². The zero-order valence-electron chi connectivity index (χ0n) is 34.2. The molecule has 6 rings (SSSR count). The fraction of sp³-hybridized carbons (Fsp3) is 0.327. The van der Waals surface area contributed by atoms with Crippen molar-refractivity contribution in [3.63, 3.8) is 0 Å². The normalized spacial score (nSPS) is 14.7. The summed E-state index contributed by atoms with van der Waals surface area (Å²) in [6.07, 6.45) is 3.97. The molecule has 1 aromatic heterocycles. The highest BCUT2D eigenvalue weighted by molar-refractivity contribution is 6.42. The van der Waals surface area contributed by atoms with Crippen molar-refractivity contribution in [2.75, 3.05) is 0 Å². The van der Waals surface area contributed by atoms with Crippen LogP contribution in [0.15, 0.2) is 120 Å². The van der Waals surface area contributed by atoms with Gasteiger partial charge in [-0.1, -0.05) is 180 Å². The molecule has 5 heteroatoms. The molecule has 1 aliphatic rings. The molecule has 1 aliphatic heterocycles. The Labute approximate surface area is 323 Å². The summed E-state index contributed by atoms with van der Waals surface area (Å²) in [7, 11) is -2.79. The van der Waals surface area contributed by atoms with Crippen LogP contribution in [0.4, 0.5) is 8.63 Å². The van der Waals surface area contributed by atoms with Gasteiger partial charge >= 0.3 is 7.40 Å². The lowest BCUT2D eigenvalue weighted by molar-refractivity contribution is 0.590. The first-order valence-electron chi connectivity index (χ1n) is 19.1. The van der Waals surface area contributed by atoms with E-state index in [1.165, 1.54) is 21.2 Å². The number of aliphatic imine (C=N–C) groups is 1. The standard InChI is InChI=1S/C49H55BF2N2/c1-46(2,3)36-21-13-32(14-22-36)40-29-42(34-17-25-38(26-18-34)48(7,8)9)53-43(40)31-45-41(33-15-23-37(24-16-33)47(4,5)6)30-44(54(45)50(51)52)35-19-27-39(28-20-35)49(10,11)12/h13-31H,1-12H3/b43-31-. The predicted molar refractivity (Wildman–Crippen MR) is 229 cm³/mol. The van der Waals surface area contributed by atoms with Gasteiger partial charge in [-0.3, -0.25) is 8.63 Å². The van der Waals surface area contributed by atoms with Crippen LogP contribution in [0.3, 0.4) is 0 Å². The summed E-state index contributed by atoms with van der Waals surface area (Å²) in [4.78, 5) is 5.20. The molecule has 0 unspecified atom stereocenters. The molecule has 54 heavy (non-hydrogen) atoms. The van der Waals surface area contributed by atoms with Crippen LogP contribution in [0.1, 0.15) is 122 Å². The Hall–Kier alpha value is -4.77. The molecule has 0 fully saturated rings. The molecule has 0 bridgehead atoms. The Kier molecular flexibility index (Phi) is 10.2. The van der Waals surface area contributed by atoms with Crippen molar-refractivity contribution in [2.45, 2.75) is 105 Å². The monoisotopic (exact) mass is 720 g/mol. The Bertz CT molecular complexity index is 2220. The smallest absolute Gasteiger partial charge is 0.325 e. The largest absolute Gasteiger partial charge is 0.678 e. The second-order valence-electron chi connectivity index (χ2n) is 18.9. The lowest BCUT2D eigenvalue weighted by Gasteiger charge is -2.19. The second-order valence-corrected chi connectivity index (χ2v) is 18.9. The maximum atomic E-state index is 15.6. The minimum Gasteiger partial charge on any atom is -0.325 e. The number of halogens is 2. The van der Waals surface area contributed by atoms with Crippen molar-refractivity contribution in [1.29, 1.82) is 0 Å². The van der Waals surface area contributed by atoms with Crippen LogP contribution in [0.2, 0.25) is 0 Å². The molecule has 0 aliphatic carbocycles. The number of nitrogens with zero attached hydrogens (tertiary/aromatic N) is 2. The summed E-state index contributed by atoms with van der Waals surface area (Å²) in [6, 6.07) is 35.4. The van der Waals surface area contributed by atoms with E-state index in [4.69, 9.17) is 4.99 Å². The molecule has 2 heterocycles. The average Bonchev–Trinajstić information content (AvgIpc) is 3.69. The number of rotatable bonds is 6. The van der Waals surface area contributed by atoms with Crippen molar-refractivity contribution in [3.05, 3.63) is 154 Å². The van der Waals surface area contributed by atoms with Gasteiger partial charge in [0.1, 0.15) is 0 Å². The van der Waals surface area contributed by atoms with Crippen molar-refractivity contribution >= 4 is 24.8 Å². The summed E-state index contributed by atoms with van der Waals surface area (Å²) in [5, 5.41) is 0. The maximum absolute atomic E-state index is 15.6. The molecular formula is C49H55BF2N2. The molecule has 0 amide bonds. The molecule has 278 valence electrons. The highest BCUT2D eigenvalue weighted by Crippen LogP contribution is 2.40. The van der Waals surface area contributed by atoms with Gasteiger partial charge in [-0.15, -0.1) is 0 Å². The lowest BCUT2D eigenvalue weighted by Crippen LogP contribution is -2.16. The first-order valence-corrected chi connectivity index (χ1v) is 19.1. The third-order valence-electron chi connectivity index (χ3n) is 10.6. The number of aromatic nitrogens is 1. The van der Waals surface area contributed by atoms with E-state index in [0.717, 1.165) is 44.7 Å². The Morgan fingerprint density at radius 3 is 1.26 bits per heavy atom. The number of hydrogen-bond donors (Lipinski definition) is 0. The minimum atomic E-state index is -2.79. The van der Waals surface area contributed by atoms with Crippen LogP contribution >= 0.6 is 0 Å². The van der Waals surface area contributed by atoms with E-state index in [1.807, 2.05) is 24.3 Å². The van der Waals surface area contributed by atoms with Crippen LogP contribution in [0.5, 0.6) is 0 Å². The van der Waals surface area contributed by atoms with Gasteiger partial charge in [-0.2, -0.15) is 0 Å². The summed E-state index contributed by atoms with van der Waals surface area (Å²) in [5.41, 5.74) is 12.3. The van der Waals surface area contributed by atoms with Gasteiger partial charge in [0.15, 0.2) is 0 Å². The van der Waals surface area contributed by atoms with Gasteiger partial charge in [0, 0.05) is 28.1 Å². The van der Waals surface area contributed by atoms with Gasteiger partial charge in [0.2, 0.25) is 0 Å². The number of benzene rings is 4. The zero-order chi connectivity index (χ0) is 39.4. The van der Waals surface area contributed by atoms with E-state index in [-0.39, 0.29) is 21.7 Å². The van der Waals surface area contributed by atoms with Crippen LogP contribution in [-0.2, 0) is 21.7 Å². The fourth-order valence-corrected chi connectivity index (χ4v) is 6.98. The Morgan fingerprint density at radius 1 is 0.500 bits per heavy atom. The van der Waals surface area contributed by atoms with Crippen molar-refractivity contribution < 1.29 is 8.63 Å². The van der Waals surface area contributed by atoms with E-state index in [2.05, 4.69) is 174 Å². The van der Waals surface area contributed by atoms with E-state index < -0.39 is 7.40 Å². The molecule has 0 radical (unpaired) electrons. The molecule has 2 nitrogen and oxygen atoms in total. The first-order chi connectivity index (χ1) is 25.1. The molecule has 4 aromatic carbocycles. The Balaban J connectivity index is 1.58. The molecule has 0 spiro atoms. The maximum Gasteiger partial charge on any atom is 0.678 e. The molecule has 0 saturated carbocycles. The highest BCUT2D eigenvalue weighted by Gasteiger charge is 2.30. The predicted octanol–water partition coefficient (Wildman–Crippen LogP) is 13.7. The Morgan fingerprint density at radius 2 is 0.870 bits per heavy atom. The zero-order valence-corrected chi connectivity index (χ0v) is 34.2. The van der Waals surface area contributed by atoms with Crippen LogP contribution < -0.4 is 0 Å². The fourth-order valence-electron chi connectivity index (χ4n) is 6.98. The summed E-state index contributed by atoms with van der Waals surface area (Å²) in [5.74, 6) is 0. The summed E-state index contributed by atoms with van der Waals surface area (Å²) >= 11 is 0. The van der Waals surface area contributed by atoms with E-state index in [1.54, 1.807) is 0 Å². The van der Waals surface area contributed by atoms with Gasteiger partial charge < -0.3 is 4.48 Å². The van der Waals surface area contributed by atoms with E-state index in [0.29, 0.717) is 17.1 Å². The molecule has 0 saturated heterocycles. The first kappa shape index (κ1) is 38.9. The summed E-state index contributed by atoms with van der Waals surface area (Å²) in [6.45, 7) is 26.2. The summed E-state index contributed by atoms with van der Waals surface area (Å²) < 4.78 is 32.4. The molecule has 5 aromatic rings. The van der Waals surface area contributed by atoms with E-state index >= 15 is 8.63 Å². The second kappa shape index (κ2) is 14.1. The van der Waals surface area contributed by atoms with Crippen molar-refractivity contribution in [3.8, 4) is 22.4 Å². The van der Waals surface area contributed by atoms with Crippen molar-refractivity contribution in [2.24, 2.45) is 4.99 Å². The SMILES string of the molecule is CC(C)(C)c1ccc(C2=CC(c3ccc(C(C)(C)C)cc3)=N/C2=C\c2c(-c3ccc(C(C)(C)C)cc3)cc(-c3ccc(C(C)(C)C)cc3)n2B(F)F)cc1. The highest BCUT2D eigenvalue weighted by atomic mass is 19.2. The van der Waals surface area contributed by atoms with Gasteiger partial charge in [0.25, 0.3) is 0 Å². The number of hydrogen-bond acceptors (Lipinski definition) is 1. The third kappa shape index (κ3) is 8.16. The average molecular weight is 721 g/mol. The number of allylic oxidation sites excluding steroid dienone is 2.